The molecule has 0 saturated carbocycles. The van der Waals surface area contributed by atoms with Gasteiger partial charge in [-0.1, -0.05) is 11.6 Å². The maximum atomic E-state index is 13.1. The van der Waals surface area contributed by atoms with Gasteiger partial charge in [0.15, 0.2) is 5.58 Å². The number of rotatable bonds is 2. The van der Waals surface area contributed by atoms with E-state index in [2.05, 4.69) is 15.2 Å². The van der Waals surface area contributed by atoms with Gasteiger partial charge in [0.05, 0.1) is 18.8 Å². The van der Waals surface area contributed by atoms with E-state index >= 15 is 0 Å². The number of aromatic nitrogens is 1. The number of ether oxygens (including phenoxy) is 1. The molecule has 150 valence electrons. The molecule has 1 atom stereocenters. The molecule has 0 radical (unpaired) electrons. The van der Waals surface area contributed by atoms with E-state index < -0.39 is 0 Å². The number of benzene rings is 1. The minimum absolute atomic E-state index is 0.0691. The number of nitrogens with zero attached hydrogens (tertiary/aromatic N) is 3. The van der Waals surface area contributed by atoms with E-state index in [4.69, 9.17) is 20.8 Å². The Labute approximate surface area is 169 Å². The number of carbonyl (C=O) groups is 1. The molecule has 7 nitrogen and oxygen atoms in total. The van der Waals surface area contributed by atoms with Crippen LogP contribution in [-0.4, -0.2) is 67.3 Å². The molecule has 8 heteroatoms. The van der Waals surface area contributed by atoms with Crippen LogP contribution in [0.15, 0.2) is 22.6 Å². The van der Waals surface area contributed by atoms with Gasteiger partial charge in [-0.05, 0) is 37.9 Å². The maximum absolute atomic E-state index is 13.1. The highest BCUT2D eigenvalue weighted by Gasteiger charge is 2.42. The van der Waals surface area contributed by atoms with Crippen molar-refractivity contribution in [2.75, 3.05) is 50.8 Å². The SMILES string of the molecule is O=C(C1CCN(c2nc3ccc(Cl)cc3o2)CC1)N1CCOC2(CCNC2)C1. The van der Waals surface area contributed by atoms with Crippen LogP contribution in [0.2, 0.25) is 5.02 Å². The molecule has 3 aliphatic rings. The van der Waals surface area contributed by atoms with Crippen LogP contribution in [0.25, 0.3) is 11.1 Å². The van der Waals surface area contributed by atoms with E-state index in [-0.39, 0.29) is 17.4 Å². The monoisotopic (exact) mass is 404 g/mol. The van der Waals surface area contributed by atoms with Crippen molar-refractivity contribution >= 4 is 34.6 Å². The number of halogens is 1. The fourth-order valence-corrected chi connectivity index (χ4v) is 4.77. The fourth-order valence-electron chi connectivity index (χ4n) is 4.61. The lowest BCUT2D eigenvalue weighted by atomic mass is 9.93. The molecule has 1 spiro atoms. The molecule has 3 fully saturated rings. The van der Waals surface area contributed by atoms with Gasteiger partial charge in [-0.3, -0.25) is 4.79 Å². The molecule has 1 N–H and O–H groups in total. The Kier molecular flexibility index (Phi) is 4.69. The quantitative estimate of drug-likeness (QED) is 0.828. The maximum Gasteiger partial charge on any atom is 0.298 e. The first-order valence-corrected chi connectivity index (χ1v) is 10.4. The summed E-state index contributed by atoms with van der Waals surface area (Å²) in [5.74, 6) is 0.346. The zero-order valence-electron chi connectivity index (χ0n) is 15.8. The molecule has 3 aliphatic heterocycles. The van der Waals surface area contributed by atoms with Gasteiger partial charge in [0.25, 0.3) is 6.01 Å². The predicted octanol–water partition coefficient (Wildman–Crippen LogP) is 2.29. The van der Waals surface area contributed by atoms with Crippen molar-refractivity contribution in [3.63, 3.8) is 0 Å². The summed E-state index contributed by atoms with van der Waals surface area (Å²) in [6.07, 6.45) is 2.62. The van der Waals surface area contributed by atoms with Gasteiger partial charge in [0.2, 0.25) is 5.91 Å². The van der Waals surface area contributed by atoms with E-state index in [1.165, 1.54) is 0 Å². The van der Waals surface area contributed by atoms with Crippen LogP contribution in [0.3, 0.4) is 0 Å². The number of anilines is 1. The van der Waals surface area contributed by atoms with Crippen molar-refractivity contribution in [1.29, 1.82) is 0 Å². The van der Waals surface area contributed by atoms with Crippen LogP contribution in [0.5, 0.6) is 0 Å². The number of nitrogens with one attached hydrogen (secondary N) is 1. The Morgan fingerprint density at radius 3 is 2.93 bits per heavy atom. The molecule has 1 aromatic carbocycles. The Bertz CT molecular complexity index is 871. The number of morpholine rings is 1. The van der Waals surface area contributed by atoms with E-state index in [1.807, 2.05) is 17.0 Å². The van der Waals surface area contributed by atoms with E-state index in [0.29, 0.717) is 36.3 Å². The fraction of sp³-hybridized carbons (Fsp3) is 0.600. The van der Waals surface area contributed by atoms with Gasteiger partial charge >= 0.3 is 0 Å². The molecule has 28 heavy (non-hydrogen) atoms. The van der Waals surface area contributed by atoms with Crippen LogP contribution < -0.4 is 10.2 Å². The first-order chi connectivity index (χ1) is 13.6. The lowest BCUT2D eigenvalue weighted by Gasteiger charge is -2.42. The second-order valence-electron chi connectivity index (χ2n) is 8.09. The molecule has 4 heterocycles. The summed E-state index contributed by atoms with van der Waals surface area (Å²) in [5, 5.41) is 4.00. The second kappa shape index (κ2) is 7.21. The minimum atomic E-state index is -0.173. The Morgan fingerprint density at radius 1 is 1.29 bits per heavy atom. The van der Waals surface area contributed by atoms with Crippen LogP contribution in [0.4, 0.5) is 6.01 Å². The first-order valence-electron chi connectivity index (χ1n) is 10.1. The molecule has 1 amide bonds. The molecular formula is C20H25ClN4O3. The molecule has 3 saturated heterocycles. The van der Waals surface area contributed by atoms with Gasteiger partial charge in [-0.15, -0.1) is 0 Å². The van der Waals surface area contributed by atoms with Crippen LogP contribution in [-0.2, 0) is 9.53 Å². The summed E-state index contributed by atoms with van der Waals surface area (Å²) >= 11 is 6.03. The van der Waals surface area contributed by atoms with Gasteiger partial charge in [-0.25, -0.2) is 0 Å². The average molecular weight is 405 g/mol. The van der Waals surface area contributed by atoms with Crippen molar-refractivity contribution < 1.29 is 13.9 Å². The third kappa shape index (κ3) is 3.36. The molecule has 1 unspecified atom stereocenters. The molecule has 1 aromatic heterocycles. The number of piperidine rings is 1. The lowest BCUT2D eigenvalue weighted by molar-refractivity contribution is -0.152. The molecular weight excluding hydrogens is 380 g/mol. The molecule has 0 bridgehead atoms. The predicted molar refractivity (Wildman–Crippen MR) is 107 cm³/mol. The van der Waals surface area contributed by atoms with Gasteiger partial charge in [0.1, 0.15) is 5.52 Å². The van der Waals surface area contributed by atoms with Gasteiger partial charge < -0.3 is 24.3 Å². The molecule has 2 aromatic rings. The Morgan fingerprint density at radius 2 is 2.14 bits per heavy atom. The number of hydrogen-bond donors (Lipinski definition) is 1. The average Bonchev–Trinajstić information content (AvgIpc) is 3.34. The van der Waals surface area contributed by atoms with Crippen molar-refractivity contribution in [3.05, 3.63) is 23.2 Å². The van der Waals surface area contributed by atoms with Crippen molar-refractivity contribution in [2.45, 2.75) is 24.9 Å². The van der Waals surface area contributed by atoms with Gasteiger partial charge in [-0.2, -0.15) is 4.98 Å². The minimum Gasteiger partial charge on any atom is -0.423 e. The van der Waals surface area contributed by atoms with E-state index in [1.54, 1.807) is 6.07 Å². The van der Waals surface area contributed by atoms with E-state index in [9.17, 15) is 4.79 Å². The summed E-state index contributed by atoms with van der Waals surface area (Å²) in [4.78, 5) is 21.8. The summed E-state index contributed by atoms with van der Waals surface area (Å²) in [6, 6.07) is 6.09. The van der Waals surface area contributed by atoms with E-state index in [0.717, 1.165) is 51.0 Å². The normalized spacial score (nSPS) is 26.5. The van der Waals surface area contributed by atoms with Crippen molar-refractivity contribution in [2.24, 2.45) is 5.92 Å². The second-order valence-corrected chi connectivity index (χ2v) is 8.52. The highest BCUT2D eigenvalue weighted by molar-refractivity contribution is 6.31. The first kappa shape index (κ1) is 18.2. The number of carbonyl (C=O) groups excluding carboxylic acids is 1. The van der Waals surface area contributed by atoms with Crippen molar-refractivity contribution in [1.82, 2.24) is 15.2 Å². The number of fused-ring (bicyclic) bond motifs is 1. The van der Waals surface area contributed by atoms with Crippen LogP contribution in [0, 0.1) is 5.92 Å². The largest absolute Gasteiger partial charge is 0.423 e. The Hall–Kier alpha value is -1.83. The topological polar surface area (TPSA) is 70.8 Å². The van der Waals surface area contributed by atoms with Gasteiger partial charge in [0, 0.05) is 43.2 Å². The van der Waals surface area contributed by atoms with Crippen LogP contribution >= 0.6 is 11.6 Å². The summed E-state index contributed by atoms with van der Waals surface area (Å²) in [7, 11) is 0. The van der Waals surface area contributed by atoms with Crippen molar-refractivity contribution in [3.8, 4) is 0 Å². The zero-order valence-corrected chi connectivity index (χ0v) is 16.6. The highest BCUT2D eigenvalue weighted by Crippen LogP contribution is 2.30. The summed E-state index contributed by atoms with van der Waals surface area (Å²) in [6.45, 7) is 5.41. The summed E-state index contributed by atoms with van der Waals surface area (Å²) in [5.41, 5.74) is 1.33. The number of hydrogen-bond acceptors (Lipinski definition) is 6. The Balaban J connectivity index is 1.22. The molecule has 5 rings (SSSR count). The number of amides is 1. The standard InChI is InChI=1S/C20H25ClN4O3/c21-15-1-2-16-17(11-15)28-19(23-16)24-7-3-14(4-8-24)18(26)25-9-10-27-20(13-25)5-6-22-12-20/h1-2,11,14,22H,3-10,12-13H2. The third-order valence-corrected chi connectivity index (χ3v) is 6.45. The number of oxazole rings is 1. The van der Waals surface area contributed by atoms with Crippen LogP contribution in [0.1, 0.15) is 19.3 Å². The summed E-state index contributed by atoms with van der Waals surface area (Å²) < 4.78 is 11.9. The zero-order chi connectivity index (χ0) is 19.1. The highest BCUT2D eigenvalue weighted by atomic mass is 35.5. The molecule has 0 aliphatic carbocycles. The third-order valence-electron chi connectivity index (χ3n) is 6.22. The smallest absolute Gasteiger partial charge is 0.298 e. The lowest BCUT2D eigenvalue weighted by Crippen LogP contribution is -2.56.